The Labute approximate surface area is 157 Å². The molecule has 0 aliphatic heterocycles. The van der Waals surface area contributed by atoms with Crippen molar-refractivity contribution in [2.75, 3.05) is 5.32 Å². The van der Waals surface area contributed by atoms with Gasteiger partial charge in [0.25, 0.3) is 0 Å². The highest BCUT2D eigenvalue weighted by molar-refractivity contribution is 6.23. The zero-order chi connectivity index (χ0) is 18.4. The van der Waals surface area contributed by atoms with Gasteiger partial charge in [0.2, 0.25) is 0 Å². The van der Waals surface area contributed by atoms with Crippen LogP contribution in [-0.2, 0) is 0 Å². The molecule has 26 heavy (non-hydrogen) atoms. The molecule has 0 amide bonds. The number of halogens is 1. The molecule has 0 aliphatic carbocycles. The largest absolute Gasteiger partial charge is 0.411 e. The maximum atomic E-state index is 9.23. The molecule has 0 radical (unpaired) electrons. The van der Waals surface area contributed by atoms with Crippen LogP contribution in [0.25, 0.3) is 0 Å². The number of benzene rings is 3. The van der Waals surface area contributed by atoms with E-state index in [1.165, 1.54) is 6.21 Å². The molecule has 0 saturated carbocycles. The van der Waals surface area contributed by atoms with Gasteiger partial charge >= 0.3 is 0 Å². The van der Waals surface area contributed by atoms with E-state index in [0.717, 1.165) is 28.1 Å². The van der Waals surface area contributed by atoms with Gasteiger partial charge in [0.1, 0.15) is 6.07 Å². The van der Waals surface area contributed by atoms with Crippen molar-refractivity contribution >= 4 is 29.2 Å². The van der Waals surface area contributed by atoms with Gasteiger partial charge in [-0.05, 0) is 35.4 Å². The Balaban J connectivity index is 1.91. The van der Waals surface area contributed by atoms with Gasteiger partial charge in [-0.1, -0.05) is 53.7 Å². The highest BCUT2D eigenvalue weighted by Crippen LogP contribution is 2.32. The zero-order valence-electron chi connectivity index (χ0n) is 13.8. The average molecular weight is 362 g/mol. The summed E-state index contributed by atoms with van der Waals surface area (Å²) in [5.41, 5.74) is 4.65. The molecule has 0 bridgehead atoms. The monoisotopic (exact) mass is 361 g/mol. The second kappa shape index (κ2) is 8.19. The fourth-order valence-electron chi connectivity index (χ4n) is 2.72. The standard InChI is InChI=1S/C21H16ClN3O/c22-21(19-10-3-1-7-17(19)14-24-26)15-8-5-9-18(12-15)25-20-11-4-2-6-16(20)13-23/h1-12,14,21,25-26H/b24-14+. The lowest BCUT2D eigenvalue weighted by Crippen LogP contribution is -2.00. The first-order valence-corrected chi connectivity index (χ1v) is 8.43. The summed E-state index contributed by atoms with van der Waals surface area (Å²) in [5, 5.41) is 24.0. The lowest BCUT2D eigenvalue weighted by atomic mass is 9.99. The molecule has 1 atom stereocenters. The predicted molar refractivity (Wildman–Crippen MR) is 104 cm³/mol. The normalized spacial score (nSPS) is 11.8. The molecular weight excluding hydrogens is 346 g/mol. The van der Waals surface area contributed by atoms with Crippen LogP contribution in [0.5, 0.6) is 0 Å². The Morgan fingerprint density at radius 1 is 1.04 bits per heavy atom. The van der Waals surface area contributed by atoms with Gasteiger partial charge < -0.3 is 10.5 Å². The third kappa shape index (κ3) is 3.85. The maximum Gasteiger partial charge on any atom is 0.101 e. The number of para-hydroxylation sites is 1. The third-order valence-corrected chi connectivity index (χ3v) is 4.46. The molecule has 0 saturated heterocycles. The Bertz CT molecular complexity index is 979. The van der Waals surface area contributed by atoms with Crippen molar-refractivity contribution in [1.29, 1.82) is 5.26 Å². The van der Waals surface area contributed by atoms with Crippen LogP contribution < -0.4 is 5.32 Å². The van der Waals surface area contributed by atoms with Crippen LogP contribution in [0.3, 0.4) is 0 Å². The minimum Gasteiger partial charge on any atom is -0.411 e. The van der Waals surface area contributed by atoms with Crippen LogP contribution >= 0.6 is 11.6 Å². The van der Waals surface area contributed by atoms with Crippen molar-refractivity contribution < 1.29 is 5.21 Å². The van der Waals surface area contributed by atoms with E-state index in [0.29, 0.717) is 5.56 Å². The van der Waals surface area contributed by atoms with Crippen molar-refractivity contribution in [2.24, 2.45) is 5.16 Å². The highest BCUT2D eigenvalue weighted by atomic mass is 35.5. The lowest BCUT2D eigenvalue weighted by Gasteiger charge is -2.15. The van der Waals surface area contributed by atoms with Gasteiger partial charge in [-0.3, -0.25) is 0 Å². The molecule has 4 nitrogen and oxygen atoms in total. The van der Waals surface area contributed by atoms with Gasteiger partial charge in [0.05, 0.1) is 22.8 Å². The van der Waals surface area contributed by atoms with Crippen molar-refractivity contribution in [1.82, 2.24) is 0 Å². The molecule has 0 aromatic heterocycles. The topological polar surface area (TPSA) is 68.4 Å². The third-order valence-electron chi connectivity index (χ3n) is 3.97. The van der Waals surface area contributed by atoms with Gasteiger partial charge in [0, 0.05) is 11.3 Å². The Kier molecular flexibility index (Phi) is 5.52. The predicted octanol–water partition coefficient (Wildman–Crippen LogP) is 5.44. The number of hydrogen-bond acceptors (Lipinski definition) is 4. The van der Waals surface area contributed by atoms with Crippen LogP contribution in [0.1, 0.15) is 27.6 Å². The summed E-state index contributed by atoms with van der Waals surface area (Å²) in [5.74, 6) is 0. The first-order valence-electron chi connectivity index (χ1n) is 7.99. The summed E-state index contributed by atoms with van der Waals surface area (Å²) < 4.78 is 0. The fraction of sp³-hybridized carbons (Fsp3) is 0.0476. The van der Waals surface area contributed by atoms with Crippen LogP contribution in [0.4, 0.5) is 11.4 Å². The van der Waals surface area contributed by atoms with E-state index in [2.05, 4.69) is 16.5 Å². The molecule has 2 N–H and O–H groups in total. The average Bonchev–Trinajstić information content (AvgIpc) is 2.69. The van der Waals surface area contributed by atoms with Crippen LogP contribution in [0.15, 0.2) is 78.0 Å². The van der Waals surface area contributed by atoms with E-state index in [1.54, 1.807) is 6.07 Å². The number of anilines is 2. The van der Waals surface area contributed by atoms with Crippen LogP contribution in [0, 0.1) is 11.3 Å². The Hall–Kier alpha value is -3.29. The fourth-order valence-corrected chi connectivity index (χ4v) is 3.05. The van der Waals surface area contributed by atoms with E-state index in [9.17, 15) is 5.26 Å². The summed E-state index contributed by atoms with van der Waals surface area (Å²) in [6.07, 6.45) is 1.37. The second-order valence-electron chi connectivity index (χ2n) is 5.64. The smallest absolute Gasteiger partial charge is 0.101 e. The number of hydrogen-bond donors (Lipinski definition) is 2. The number of rotatable bonds is 5. The van der Waals surface area contributed by atoms with E-state index in [-0.39, 0.29) is 0 Å². The first-order chi connectivity index (χ1) is 12.7. The quantitative estimate of drug-likeness (QED) is 0.275. The first kappa shape index (κ1) is 17.5. The van der Waals surface area contributed by atoms with Crippen molar-refractivity contribution in [3.63, 3.8) is 0 Å². The summed E-state index contributed by atoms with van der Waals surface area (Å²) in [6.45, 7) is 0. The summed E-state index contributed by atoms with van der Waals surface area (Å²) in [6, 6.07) is 24.7. The number of nitriles is 1. The van der Waals surface area contributed by atoms with E-state index < -0.39 is 5.38 Å². The molecule has 128 valence electrons. The molecule has 1 unspecified atom stereocenters. The molecular formula is C21H16ClN3O. The van der Waals surface area contributed by atoms with E-state index >= 15 is 0 Å². The Morgan fingerprint density at radius 2 is 1.81 bits per heavy atom. The van der Waals surface area contributed by atoms with E-state index in [1.807, 2.05) is 66.7 Å². The summed E-state index contributed by atoms with van der Waals surface area (Å²) in [7, 11) is 0. The molecule has 0 heterocycles. The van der Waals surface area contributed by atoms with E-state index in [4.69, 9.17) is 16.8 Å². The molecule has 0 aliphatic rings. The SMILES string of the molecule is N#Cc1ccccc1Nc1cccc(C(Cl)c2ccccc2/C=N/O)c1. The number of alkyl halides is 1. The van der Waals surface area contributed by atoms with Crippen molar-refractivity contribution in [3.8, 4) is 6.07 Å². The van der Waals surface area contributed by atoms with Crippen molar-refractivity contribution in [2.45, 2.75) is 5.38 Å². The highest BCUT2D eigenvalue weighted by Gasteiger charge is 2.14. The molecule has 3 rings (SSSR count). The van der Waals surface area contributed by atoms with Crippen LogP contribution in [-0.4, -0.2) is 11.4 Å². The minimum absolute atomic E-state index is 0.405. The number of oxime groups is 1. The number of nitrogens with one attached hydrogen (secondary N) is 1. The molecule has 0 fully saturated rings. The maximum absolute atomic E-state index is 9.23. The summed E-state index contributed by atoms with van der Waals surface area (Å²) in [4.78, 5) is 0. The Morgan fingerprint density at radius 3 is 2.62 bits per heavy atom. The minimum atomic E-state index is -0.405. The van der Waals surface area contributed by atoms with Gasteiger partial charge in [-0.25, -0.2) is 0 Å². The van der Waals surface area contributed by atoms with Gasteiger partial charge in [-0.2, -0.15) is 5.26 Å². The number of nitrogens with zero attached hydrogens (tertiary/aromatic N) is 2. The molecule has 3 aromatic carbocycles. The molecule has 0 spiro atoms. The summed E-state index contributed by atoms with van der Waals surface area (Å²) >= 11 is 6.68. The van der Waals surface area contributed by atoms with Gasteiger partial charge in [-0.15, -0.1) is 11.6 Å². The molecule has 5 heteroatoms. The van der Waals surface area contributed by atoms with Crippen molar-refractivity contribution in [3.05, 3.63) is 95.1 Å². The molecule has 3 aromatic rings. The van der Waals surface area contributed by atoms with Gasteiger partial charge in [0.15, 0.2) is 0 Å². The van der Waals surface area contributed by atoms with Crippen LogP contribution in [0.2, 0.25) is 0 Å². The zero-order valence-corrected chi connectivity index (χ0v) is 14.6. The second-order valence-corrected chi connectivity index (χ2v) is 6.08. The lowest BCUT2D eigenvalue weighted by molar-refractivity contribution is 0.322.